The van der Waals surface area contributed by atoms with Crippen molar-refractivity contribution in [2.24, 2.45) is 0 Å². The second-order valence-electron chi connectivity index (χ2n) is 4.65. The lowest BCUT2D eigenvalue weighted by Gasteiger charge is -2.33. The number of aromatic amines is 1. The normalized spacial score (nSPS) is 13.0. The first kappa shape index (κ1) is 15.2. The molecule has 0 spiro atoms. The summed E-state index contributed by atoms with van der Waals surface area (Å²) in [6.07, 6.45) is 1.83. The molecule has 7 heteroatoms. The van der Waals surface area contributed by atoms with Crippen LogP contribution in [0, 0.1) is 0 Å². The van der Waals surface area contributed by atoms with Gasteiger partial charge in [0.15, 0.2) is 0 Å². The Kier molecular flexibility index (Phi) is 4.25. The van der Waals surface area contributed by atoms with Crippen LogP contribution in [0.15, 0.2) is 22.0 Å². The molecule has 0 amide bonds. The van der Waals surface area contributed by atoms with Crippen LogP contribution in [0.4, 0.5) is 0 Å². The van der Waals surface area contributed by atoms with Gasteiger partial charge in [-0.2, -0.15) is 4.31 Å². The molecule has 102 valence electrons. The van der Waals surface area contributed by atoms with Gasteiger partial charge in [0.1, 0.15) is 5.02 Å². The number of rotatable bonds is 4. The zero-order chi connectivity index (χ0) is 14.1. The number of aromatic nitrogens is 1. The molecular weight excluding hydrogens is 276 g/mol. The molecule has 0 atom stereocenters. The predicted molar refractivity (Wildman–Crippen MR) is 71.4 cm³/mol. The highest BCUT2D eigenvalue weighted by molar-refractivity contribution is 7.89. The first-order chi connectivity index (χ1) is 8.13. The summed E-state index contributed by atoms with van der Waals surface area (Å²) in [4.78, 5) is 13.4. The molecule has 1 heterocycles. The summed E-state index contributed by atoms with van der Waals surface area (Å²) in [5.41, 5.74) is -1.02. The van der Waals surface area contributed by atoms with Crippen LogP contribution in [0.25, 0.3) is 0 Å². The van der Waals surface area contributed by atoms with Gasteiger partial charge in [0, 0.05) is 18.8 Å². The topological polar surface area (TPSA) is 70.2 Å². The van der Waals surface area contributed by atoms with Crippen molar-refractivity contribution in [1.82, 2.24) is 9.29 Å². The fourth-order valence-electron chi connectivity index (χ4n) is 1.29. The molecule has 0 saturated heterocycles. The van der Waals surface area contributed by atoms with E-state index < -0.39 is 21.1 Å². The quantitative estimate of drug-likeness (QED) is 0.920. The largest absolute Gasteiger partial charge is 0.326 e. The molecule has 0 unspecified atom stereocenters. The number of nitrogens with one attached hydrogen (secondary N) is 1. The van der Waals surface area contributed by atoms with Crippen molar-refractivity contribution in [1.29, 1.82) is 0 Å². The average molecular weight is 293 g/mol. The van der Waals surface area contributed by atoms with E-state index in [1.54, 1.807) is 0 Å². The number of halogens is 1. The molecule has 0 aliphatic heterocycles. The van der Waals surface area contributed by atoms with Crippen molar-refractivity contribution < 1.29 is 8.42 Å². The summed E-state index contributed by atoms with van der Waals surface area (Å²) in [5, 5.41) is -0.140. The minimum Gasteiger partial charge on any atom is -0.326 e. The Morgan fingerprint density at radius 3 is 2.44 bits per heavy atom. The van der Waals surface area contributed by atoms with Gasteiger partial charge in [-0.3, -0.25) is 4.79 Å². The standard InChI is InChI=1S/C11H17ClN2O3S/c1-5-11(2,3)14(4)18(16,17)8-6-9(12)10(15)13-7-8/h6-7H,5H2,1-4H3,(H,13,15). The van der Waals surface area contributed by atoms with Gasteiger partial charge in [-0.05, 0) is 26.3 Å². The molecule has 1 rings (SSSR count). The van der Waals surface area contributed by atoms with Crippen LogP contribution in [0.1, 0.15) is 27.2 Å². The van der Waals surface area contributed by atoms with Crippen LogP contribution in [-0.4, -0.2) is 30.3 Å². The van der Waals surface area contributed by atoms with Crippen LogP contribution in [0.3, 0.4) is 0 Å². The molecule has 18 heavy (non-hydrogen) atoms. The summed E-state index contributed by atoms with van der Waals surface area (Å²) < 4.78 is 26.0. The smallest absolute Gasteiger partial charge is 0.266 e. The molecule has 0 aliphatic carbocycles. The van der Waals surface area contributed by atoms with Gasteiger partial charge in [0.25, 0.3) is 5.56 Å². The number of H-pyrrole nitrogens is 1. The van der Waals surface area contributed by atoms with E-state index in [1.165, 1.54) is 11.4 Å². The van der Waals surface area contributed by atoms with E-state index >= 15 is 0 Å². The number of hydrogen-bond acceptors (Lipinski definition) is 3. The van der Waals surface area contributed by atoms with Crippen molar-refractivity contribution >= 4 is 21.6 Å². The lowest BCUT2D eigenvalue weighted by Crippen LogP contribution is -2.44. The number of hydrogen-bond donors (Lipinski definition) is 1. The summed E-state index contributed by atoms with van der Waals surface area (Å²) in [6.45, 7) is 5.57. The first-order valence-electron chi connectivity index (χ1n) is 5.50. The van der Waals surface area contributed by atoms with Crippen molar-refractivity contribution in [3.05, 3.63) is 27.6 Å². The molecule has 0 fully saturated rings. The third-order valence-electron chi connectivity index (χ3n) is 3.21. The highest BCUT2D eigenvalue weighted by Gasteiger charge is 2.32. The van der Waals surface area contributed by atoms with Crippen LogP contribution in [0.2, 0.25) is 5.02 Å². The Labute approximate surface area is 112 Å². The Morgan fingerprint density at radius 1 is 1.44 bits per heavy atom. The van der Waals surface area contributed by atoms with Gasteiger partial charge in [0.05, 0.1) is 4.90 Å². The first-order valence-corrected chi connectivity index (χ1v) is 7.32. The second kappa shape index (κ2) is 5.03. The van der Waals surface area contributed by atoms with E-state index in [-0.39, 0.29) is 9.92 Å². The molecule has 1 aromatic rings. The SMILES string of the molecule is CCC(C)(C)N(C)S(=O)(=O)c1c[nH]c(=O)c(Cl)c1. The summed E-state index contributed by atoms with van der Waals surface area (Å²) in [7, 11) is -2.16. The van der Waals surface area contributed by atoms with Crippen molar-refractivity contribution in [3.63, 3.8) is 0 Å². The zero-order valence-corrected chi connectivity index (χ0v) is 12.4. The van der Waals surface area contributed by atoms with E-state index in [2.05, 4.69) is 4.98 Å². The Bertz CT molecular complexity index is 593. The lowest BCUT2D eigenvalue weighted by molar-refractivity contribution is 0.257. The Morgan fingerprint density at radius 2 is 2.00 bits per heavy atom. The third-order valence-corrected chi connectivity index (χ3v) is 5.53. The highest BCUT2D eigenvalue weighted by atomic mass is 35.5. The van der Waals surface area contributed by atoms with Crippen LogP contribution in [-0.2, 0) is 10.0 Å². The van der Waals surface area contributed by atoms with Crippen molar-refractivity contribution in [3.8, 4) is 0 Å². The van der Waals surface area contributed by atoms with Gasteiger partial charge in [0.2, 0.25) is 10.0 Å². The maximum atomic E-state index is 12.3. The maximum absolute atomic E-state index is 12.3. The third kappa shape index (κ3) is 2.76. The van der Waals surface area contributed by atoms with Gasteiger partial charge in [-0.25, -0.2) is 8.42 Å². The summed E-state index contributed by atoms with van der Waals surface area (Å²) in [6, 6.07) is 1.16. The predicted octanol–water partition coefficient (Wildman–Crippen LogP) is 1.84. The van der Waals surface area contributed by atoms with Gasteiger partial charge in [-0.15, -0.1) is 0 Å². The molecular formula is C11H17ClN2O3S. The summed E-state index contributed by atoms with van der Waals surface area (Å²) >= 11 is 5.65. The molecule has 0 bridgehead atoms. The fraction of sp³-hybridized carbons (Fsp3) is 0.545. The van der Waals surface area contributed by atoms with E-state index in [9.17, 15) is 13.2 Å². The molecule has 0 radical (unpaired) electrons. The van der Waals surface area contributed by atoms with Crippen molar-refractivity contribution in [2.75, 3.05) is 7.05 Å². The minimum atomic E-state index is -3.67. The molecule has 1 N–H and O–H groups in total. The molecule has 1 aromatic heterocycles. The van der Waals surface area contributed by atoms with Crippen LogP contribution < -0.4 is 5.56 Å². The second-order valence-corrected chi connectivity index (χ2v) is 7.03. The van der Waals surface area contributed by atoms with Crippen LogP contribution in [0.5, 0.6) is 0 Å². The molecule has 0 saturated carbocycles. The summed E-state index contributed by atoms with van der Waals surface area (Å²) in [5.74, 6) is 0. The average Bonchev–Trinajstić information content (AvgIpc) is 2.31. The Balaban J connectivity index is 3.30. The van der Waals surface area contributed by atoms with Gasteiger partial charge >= 0.3 is 0 Å². The highest BCUT2D eigenvalue weighted by Crippen LogP contribution is 2.25. The van der Waals surface area contributed by atoms with Crippen molar-refractivity contribution in [2.45, 2.75) is 37.6 Å². The Hall–Kier alpha value is -0.850. The maximum Gasteiger partial charge on any atom is 0.266 e. The molecule has 0 aliphatic rings. The lowest BCUT2D eigenvalue weighted by atomic mass is 10.0. The zero-order valence-electron chi connectivity index (χ0n) is 10.8. The van der Waals surface area contributed by atoms with E-state index in [0.717, 1.165) is 12.3 Å². The molecule has 5 nitrogen and oxygen atoms in total. The number of pyridine rings is 1. The van der Waals surface area contributed by atoms with Gasteiger partial charge in [-0.1, -0.05) is 18.5 Å². The van der Waals surface area contributed by atoms with E-state index in [4.69, 9.17) is 11.6 Å². The number of sulfonamides is 1. The van der Waals surface area contributed by atoms with E-state index in [0.29, 0.717) is 6.42 Å². The monoisotopic (exact) mass is 292 g/mol. The number of nitrogens with zero attached hydrogens (tertiary/aromatic N) is 1. The van der Waals surface area contributed by atoms with Crippen LogP contribution >= 0.6 is 11.6 Å². The fourth-order valence-corrected chi connectivity index (χ4v) is 3.10. The minimum absolute atomic E-state index is 0.0175. The van der Waals surface area contributed by atoms with Gasteiger partial charge < -0.3 is 4.98 Å². The van der Waals surface area contributed by atoms with E-state index in [1.807, 2.05) is 20.8 Å². The molecule has 0 aromatic carbocycles.